The monoisotopic (exact) mass is 1180 g/mol. The van der Waals surface area contributed by atoms with Crippen LogP contribution in [0.3, 0.4) is 0 Å². The minimum absolute atomic E-state index is 0.0134. The van der Waals surface area contributed by atoms with Crippen LogP contribution in [0, 0.1) is 0 Å². The number of aliphatic hydroxyl groups excluding tert-OH is 2. The van der Waals surface area contributed by atoms with Crippen molar-refractivity contribution in [3.8, 4) is 0 Å². The van der Waals surface area contributed by atoms with Crippen molar-refractivity contribution in [1.82, 2.24) is 5.32 Å². The summed E-state index contributed by atoms with van der Waals surface area (Å²) in [6.45, 7) is 5.00. The molecule has 6 nitrogen and oxygen atoms in total. The van der Waals surface area contributed by atoms with Crippen LogP contribution in [0.2, 0.25) is 0 Å². The van der Waals surface area contributed by atoms with Gasteiger partial charge in [-0.3, -0.25) is 9.59 Å². The van der Waals surface area contributed by atoms with E-state index < -0.39 is 12.1 Å². The molecule has 0 aliphatic carbocycles. The molecule has 3 N–H and O–H groups in total. The summed E-state index contributed by atoms with van der Waals surface area (Å²) in [6.07, 6.45) is 92.9. The Balaban J connectivity index is 3.33. The SMILES string of the molecule is CCCCCCCCC/C=C\CCCCCCCC(=O)OCCCCCCCCCCCCCCCCCCCCCCCCCCCCCCCC(=O)NC(CO)C(O)CCCCCCCCCCCCCCCCCCCCCCCC. The van der Waals surface area contributed by atoms with Crippen molar-refractivity contribution in [1.29, 1.82) is 0 Å². The van der Waals surface area contributed by atoms with E-state index in [4.69, 9.17) is 4.74 Å². The largest absolute Gasteiger partial charge is 0.466 e. The first-order valence-electron chi connectivity index (χ1n) is 38.9. The van der Waals surface area contributed by atoms with Gasteiger partial charge in [-0.1, -0.05) is 398 Å². The molecule has 0 saturated carbocycles. The Morgan fingerprint density at radius 3 is 0.845 bits per heavy atom. The summed E-state index contributed by atoms with van der Waals surface area (Å²) < 4.78 is 5.50. The summed E-state index contributed by atoms with van der Waals surface area (Å²) in [7, 11) is 0. The van der Waals surface area contributed by atoms with Gasteiger partial charge in [0, 0.05) is 12.8 Å². The van der Waals surface area contributed by atoms with Crippen molar-refractivity contribution in [3.63, 3.8) is 0 Å². The zero-order valence-corrected chi connectivity index (χ0v) is 57.4. The van der Waals surface area contributed by atoms with Gasteiger partial charge in [-0.25, -0.2) is 0 Å². The summed E-state index contributed by atoms with van der Waals surface area (Å²) in [4.78, 5) is 24.7. The van der Waals surface area contributed by atoms with Crippen molar-refractivity contribution in [3.05, 3.63) is 12.2 Å². The number of allylic oxidation sites excluding steroid dienone is 2. The fourth-order valence-corrected chi connectivity index (χ4v) is 12.6. The molecule has 0 saturated heterocycles. The molecular weight excluding hydrogens is 1030 g/mol. The number of hydrogen-bond acceptors (Lipinski definition) is 5. The predicted molar refractivity (Wildman–Crippen MR) is 370 cm³/mol. The van der Waals surface area contributed by atoms with E-state index in [0.29, 0.717) is 25.9 Å². The Morgan fingerprint density at radius 2 is 0.560 bits per heavy atom. The van der Waals surface area contributed by atoms with Crippen LogP contribution in [0.5, 0.6) is 0 Å². The smallest absolute Gasteiger partial charge is 0.305 e. The van der Waals surface area contributed by atoms with Gasteiger partial charge in [0.25, 0.3) is 0 Å². The van der Waals surface area contributed by atoms with E-state index in [2.05, 4.69) is 31.3 Å². The Morgan fingerprint density at radius 1 is 0.321 bits per heavy atom. The van der Waals surface area contributed by atoms with E-state index in [1.165, 1.54) is 372 Å². The summed E-state index contributed by atoms with van der Waals surface area (Å²) in [5.41, 5.74) is 0. The molecule has 0 aromatic carbocycles. The van der Waals surface area contributed by atoms with Gasteiger partial charge in [0.15, 0.2) is 0 Å². The number of aliphatic hydroxyl groups is 2. The standard InChI is InChI=1S/C78H153NO5/c1-3-5-7-9-11-13-15-17-19-21-22-23-33-36-39-42-46-50-54-58-62-66-70-76(81)75(74-80)79-77(82)71-67-63-59-55-51-47-43-40-37-34-31-29-27-25-24-26-28-30-32-35-38-41-45-49-53-57-61-65-69-73-84-78(83)72-68-64-60-56-52-48-44-20-18-16-14-12-10-8-6-4-2/h20,44,75-76,80-81H,3-19,21-43,45-74H2,1-2H3,(H,79,82)/b44-20-. The molecule has 84 heavy (non-hydrogen) atoms. The first-order valence-corrected chi connectivity index (χ1v) is 38.9. The van der Waals surface area contributed by atoms with Crippen LogP contribution in [-0.4, -0.2) is 47.4 Å². The molecule has 0 radical (unpaired) electrons. The maximum Gasteiger partial charge on any atom is 0.305 e. The number of unbranched alkanes of at least 4 members (excludes halogenated alkanes) is 61. The van der Waals surface area contributed by atoms with E-state index in [9.17, 15) is 19.8 Å². The molecule has 2 atom stereocenters. The summed E-state index contributed by atoms with van der Waals surface area (Å²) >= 11 is 0. The van der Waals surface area contributed by atoms with Gasteiger partial charge in [-0.05, 0) is 51.4 Å². The molecule has 0 bridgehead atoms. The van der Waals surface area contributed by atoms with Gasteiger partial charge < -0.3 is 20.3 Å². The van der Waals surface area contributed by atoms with E-state index >= 15 is 0 Å². The maximum absolute atomic E-state index is 12.6. The zero-order chi connectivity index (χ0) is 60.6. The van der Waals surface area contributed by atoms with Crippen molar-refractivity contribution in [2.75, 3.05) is 13.2 Å². The van der Waals surface area contributed by atoms with E-state index in [1.807, 2.05) is 0 Å². The summed E-state index contributed by atoms with van der Waals surface area (Å²) in [6, 6.07) is -0.539. The maximum atomic E-state index is 12.6. The number of rotatable bonds is 74. The van der Waals surface area contributed by atoms with E-state index in [-0.39, 0.29) is 18.5 Å². The lowest BCUT2D eigenvalue weighted by atomic mass is 10.0. The highest BCUT2D eigenvalue weighted by Crippen LogP contribution is 2.20. The molecule has 0 aromatic heterocycles. The van der Waals surface area contributed by atoms with Gasteiger partial charge >= 0.3 is 5.97 Å². The lowest BCUT2D eigenvalue weighted by molar-refractivity contribution is -0.143. The lowest BCUT2D eigenvalue weighted by Gasteiger charge is -2.22. The minimum atomic E-state index is -0.663. The average Bonchev–Trinajstić information content (AvgIpc) is 3.51. The average molecular weight is 1190 g/mol. The predicted octanol–water partition coefficient (Wildman–Crippen LogP) is 25.5. The van der Waals surface area contributed by atoms with Crippen molar-refractivity contribution >= 4 is 11.9 Å². The number of ether oxygens (including phenoxy) is 1. The van der Waals surface area contributed by atoms with Gasteiger partial charge in [-0.15, -0.1) is 0 Å². The van der Waals surface area contributed by atoms with Crippen LogP contribution in [0.25, 0.3) is 0 Å². The number of nitrogens with one attached hydrogen (secondary N) is 1. The number of hydrogen-bond donors (Lipinski definition) is 3. The Kier molecular flexibility index (Phi) is 72.8. The molecule has 2 unspecified atom stereocenters. The Bertz CT molecular complexity index is 1270. The molecule has 0 heterocycles. The lowest BCUT2D eigenvalue weighted by Crippen LogP contribution is -2.45. The first kappa shape index (κ1) is 82.6. The third-order valence-corrected chi connectivity index (χ3v) is 18.6. The third-order valence-electron chi connectivity index (χ3n) is 18.6. The molecular formula is C78H153NO5. The summed E-state index contributed by atoms with van der Waals surface area (Å²) in [5, 5.41) is 23.5. The Hall–Kier alpha value is -1.40. The molecule has 0 aliphatic heterocycles. The molecule has 0 aliphatic rings. The fourth-order valence-electron chi connectivity index (χ4n) is 12.6. The topological polar surface area (TPSA) is 95.9 Å². The highest BCUT2D eigenvalue weighted by atomic mass is 16.5. The molecule has 0 rings (SSSR count). The number of esters is 1. The van der Waals surface area contributed by atoms with Gasteiger partial charge in [0.1, 0.15) is 0 Å². The first-order chi connectivity index (χ1) is 41.5. The fraction of sp³-hybridized carbons (Fsp3) is 0.949. The van der Waals surface area contributed by atoms with Crippen LogP contribution >= 0.6 is 0 Å². The normalized spacial score (nSPS) is 12.5. The number of amides is 1. The second-order valence-electron chi connectivity index (χ2n) is 27.0. The zero-order valence-electron chi connectivity index (χ0n) is 57.4. The van der Waals surface area contributed by atoms with Crippen LogP contribution in [-0.2, 0) is 14.3 Å². The van der Waals surface area contributed by atoms with E-state index in [1.54, 1.807) is 0 Å². The van der Waals surface area contributed by atoms with Crippen LogP contribution in [0.1, 0.15) is 450 Å². The van der Waals surface area contributed by atoms with Gasteiger partial charge in [0.2, 0.25) is 5.91 Å². The number of carbonyl (C=O) groups excluding carboxylic acids is 2. The highest BCUT2D eigenvalue weighted by Gasteiger charge is 2.20. The molecule has 0 aromatic rings. The third kappa shape index (κ3) is 69.7. The van der Waals surface area contributed by atoms with Crippen LogP contribution in [0.4, 0.5) is 0 Å². The van der Waals surface area contributed by atoms with Crippen LogP contribution < -0.4 is 5.32 Å². The van der Waals surface area contributed by atoms with Crippen LogP contribution in [0.15, 0.2) is 12.2 Å². The highest BCUT2D eigenvalue weighted by molar-refractivity contribution is 5.76. The number of carbonyl (C=O) groups is 2. The second kappa shape index (κ2) is 74.1. The van der Waals surface area contributed by atoms with Crippen molar-refractivity contribution in [2.24, 2.45) is 0 Å². The molecule has 6 heteroatoms. The molecule has 0 spiro atoms. The molecule has 1 amide bonds. The van der Waals surface area contributed by atoms with Gasteiger partial charge in [-0.2, -0.15) is 0 Å². The van der Waals surface area contributed by atoms with E-state index in [0.717, 1.165) is 44.9 Å². The molecule has 0 fully saturated rings. The second-order valence-corrected chi connectivity index (χ2v) is 27.0. The summed E-state index contributed by atoms with van der Waals surface area (Å²) in [5.74, 6) is -0.0123. The van der Waals surface area contributed by atoms with Gasteiger partial charge in [0.05, 0.1) is 25.4 Å². The van der Waals surface area contributed by atoms with Crippen molar-refractivity contribution < 1.29 is 24.5 Å². The minimum Gasteiger partial charge on any atom is -0.466 e. The quantitative estimate of drug-likeness (QED) is 0.0320. The van der Waals surface area contributed by atoms with Crippen molar-refractivity contribution in [2.45, 2.75) is 463 Å². The molecule has 500 valence electrons. The Labute approximate surface area is 527 Å².